The molecule has 0 saturated heterocycles. The third kappa shape index (κ3) is 16.0. The zero-order valence-corrected chi connectivity index (χ0v) is 19.1. The fourth-order valence-electron chi connectivity index (χ4n) is 3.68. The van der Waals surface area contributed by atoms with Gasteiger partial charge in [-0.1, -0.05) is 121 Å². The normalized spacial score (nSPS) is 11.9. The maximum Gasteiger partial charge on any atom is 0.407 e. The van der Waals surface area contributed by atoms with Gasteiger partial charge < -0.3 is 10.1 Å². The van der Waals surface area contributed by atoms with Crippen LogP contribution in [0.2, 0.25) is 0 Å². The molecule has 1 aromatic rings. The van der Waals surface area contributed by atoms with Gasteiger partial charge in [-0.25, -0.2) is 4.79 Å². The Labute approximate surface area is 180 Å². The summed E-state index contributed by atoms with van der Waals surface area (Å²) < 4.78 is 5.44. The molecule has 0 saturated carbocycles. The van der Waals surface area contributed by atoms with Crippen LogP contribution in [0.4, 0.5) is 4.79 Å². The molecular weight excluding hydrogens is 358 g/mol. The number of benzene rings is 1. The zero-order chi connectivity index (χ0) is 21.0. The lowest BCUT2D eigenvalue weighted by Crippen LogP contribution is -2.27. The molecule has 1 rings (SSSR count). The molecule has 0 aliphatic heterocycles. The van der Waals surface area contributed by atoms with E-state index in [1.165, 1.54) is 83.5 Å². The van der Waals surface area contributed by atoms with E-state index in [4.69, 9.17) is 4.74 Å². The monoisotopic (exact) mass is 403 g/mol. The molecule has 0 bridgehead atoms. The number of hydrogen-bond donors (Lipinski definition) is 1. The van der Waals surface area contributed by atoms with E-state index >= 15 is 0 Å². The van der Waals surface area contributed by atoms with Gasteiger partial charge in [-0.3, -0.25) is 0 Å². The first kappa shape index (κ1) is 25.5. The Balaban J connectivity index is 1.84. The highest BCUT2D eigenvalue weighted by Gasteiger charge is 2.08. The number of amides is 1. The molecule has 1 atom stereocenters. The minimum absolute atomic E-state index is 0.0110. The summed E-state index contributed by atoms with van der Waals surface area (Å²) in [4.78, 5) is 11.8. The summed E-state index contributed by atoms with van der Waals surface area (Å²) in [6.07, 6.45) is 19.8. The molecule has 0 heterocycles. The van der Waals surface area contributed by atoms with Crippen LogP contribution in [-0.4, -0.2) is 12.2 Å². The van der Waals surface area contributed by atoms with Crippen molar-refractivity contribution in [3.8, 4) is 0 Å². The van der Waals surface area contributed by atoms with Gasteiger partial charge in [0.2, 0.25) is 0 Å². The van der Waals surface area contributed by atoms with Crippen molar-refractivity contribution >= 4 is 6.09 Å². The molecule has 1 unspecified atom stereocenters. The van der Waals surface area contributed by atoms with E-state index < -0.39 is 0 Å². The van der Waals surface area contributed by atoms with Crippen molar-refractivity contribution < 1.29 is 9.53 Å². The molecule has 1 N–H and O–H groups in total. The van der Waals surface area contributed by atoms with Crippen LogP contribution in [0.5, 0.6) is 0 Å². The SMILES string of the molecule is CCCCCCCCCCCCCCCCC(C)OC(=O)NCc1ccccc1. The Morgan fingerprint density at radius 2 is 1.28 bits per heavy atom. The standard InChI is InChI=1S/C26H45NO2/c1-3-4-5-6-7-8-9-10-11-12-13-14-15-17-20-24(2)29-26(28)27-23-25-21-18-16-19-22-25/h16,18-19,21-22,24H,3-15,17,20,23H2,1-2H3,(H,27,28). The topological polar surface area (TPSA) is 38.3 Å². The molecule has 1 amide bonds. The number of carbonyl (C=O) groups excluding carboxylic acids is 1. The number of carbonyl (C=O) groups is 1. The number of rotatable bonds is 18. The molecular formula is C26H45NO2. The summed E-state index contributed by atoms with van der Waals surface area (Å²) in [6, 6.07) is 9.91. The summed E-state index contributed by atoms with van der Waals surface area (Å²) in [5.41, 5.74) is 1.09. The number of alkyl carbamates (subject to hydrolysis) is 1. The maximum absolute atomic E-state index is 11.8. The molecule has 0 aromatic heterocycles. The molecule has 166 valence electrons. The highest BCUT2D eigenvalue weighted by molar-refractivity contribution is 5.67. The van der Waals surface area contributed by atoms with Crippen LogP contribution in [-0.2, 0) is 11.3 Å². The van der Waals surface area contributed by atoms with E-state index in [0.717, 1.165) is 18.4 Å². The highest BCUT2D eigenvalue weighted by atomic mass is 16.6. The lowest BCUT2D eigenvalue weighted by Gasteiger charge is -2.14. The van der Waals surface area contributed by atoms with Crippen LogP contribution in [0.15, 0.2) is 30.3 Å². The molecule has 0 spiro atoms. The van der Waals surface area contributed by atoms with Crippen LogP contribution in [0.3, 0.4) is 0 Å². The van der Waals surface area contributed by atoms with Crippen molar-refractivity contribution in [3.05, 3.63) is 35.9 Å². The van der Waals surface area contributed by atoms with E-state index in [1.807, 2.05) is 37.3 Å². The van der Waals surface area contributed by atoms with Crippen LogP contribution in [0.25, 0.3) is 0 Å². The van der Waals surface area contributed by atoms with Gasteiger partial charge in [0.05, 0.1) is 0 Å². The lowest BCUT2D eigenvalue weighted by atomic mass is 10.0. The second-order valence-electron chi connectivity index (χ2n) is 8.44. The third-order valence-electron chi connectivity index (χ3n) is 5.55. The van der Waals surface area contributed by atoms with Gasteiger partial charge in [0.25, 0.3) is 0 Å². The molecule has 29 heavy (non-hydrogen) atoms. The smallest absolute Gasteiger partial charge is 0.407 e. The van der Waals surface area contributed by atoms with Crippen LogP contribution >= 0.6 is 0 Å². The van der Waals surface area contributed by atoms with Gasteiger partial charge in [0.15, 0.2) is 0 Å². The fraction of sp³-hybridized carbons (Fsp3) is 0.731. The van der Waals surface area contributed by atoms with E-state index in [-0.39, 0.29) is 12.2 Å². The fourth-order valence-corrected chi connectivity index (χ4v) is 3.68. The summed E-state index contributed by atoms with van der Waals surface area (Å²) in [6.45, 7) is 4.79. The van der Waals surface area contributed by atoms with E-state index in [2.05, 4.69) is 12.2 Å². The predicted octanol–water partition coefficient (Wildman–Crippen LogP) is 8.17. The predicted molar refractivity (Wildman–Crippen MR) is 124 cm³/mol. The van der Waals surface area contributed by atoms with E-state index in [0.29, 0.717) is 6.54 Å². The molecule has 0 aliphatic rings. The Morgan fingerprint density at radius 1 is 0.793 bits per heavy atom. The summed E-state index contributed by atoms with van der Waals surface area (Å²) >= 11 is 0. The number of unbranched alkanes of at least 4 members (excludes halogenated alkanes) is 13. The average Bonchev–Trinajstić information content (AvgIpc) is 2.73. The van der Waals surface area contributed by atoms with Gasteiger partial charge in [-0.15, -0.1) is 0 Å². The molecule has 0 aliphatic carbocycles. The lowest BCUT2D eigenvalue weighted by molar-refractivity contribution is 0.100. The van der Waals surface area contributed by atoms with Crippen LogP contribution in [0.1, 0.15) is 116 Å². The van der Waals surface area contributed by atoms with Crippen molar-refractivity contribution in [1.29, 1.82) is 0 Å². The zero-order valence-electron chi connectivity index (χ0n) is 19.1. The Morgan fingerprint density at radius 3 is 1.79 bits per heavy atom. The van der Waals surface area contributed by atoms with E-state index in [1.54, 1.807) is 0 Å². The quantitative estimate of drug-likeness (QED) is 0.251. The molecule has 1 aromatic carbocycles. The van der Waals surface area contributed by atoms with Gasteiger partial charge >= 0.3 is 6.09 Å². The second kappa shape index (κ2) is 18.5. The van der Waals surface area contributed by atoms with Crippen LogP contribution < -0.4 is 5.32 Å². The summed E-state index contributed by atoms with van der Waals surface area (Å²) in [7, 11) is 0. The number of nitrogens with one attached hydrogen (secondary N) is 1. The van der Waals surface area contributed by atoms with Crippen molar-refractivity contribution in [2.45, 2.75) is 123 Å². The van der Waals surface area contributed by atoms with Crippen LogP contribution in [0, 0.1) is 0 Å². The summed E-state index contributed by atoms with van der Waals surface area (Å²) in [5.74, 6) is 0. The van der Waals surface area contributed by atoms with Crippen molar-refractivity contribution in [2.75, 3.05) is 0 Å². The Kier molecular flexibility index (Phi) is 16.3. The Hall–Kier alpha value is -1.51. The largest absolute Gasteiger partial charge is 0.447 e. The molecule has 3 nitrogen and oxygen atoms in total. The van der Waals surface area contributed by atoms with Crippen molar-refractivity contribution in [3.63, 3.8) is 0 Å². The number of hydrogen-bond acceptors (Lipinski definition) is 2. The van der Waals surface area contributed by atoms with Crippen molar-refractivity contribution in [1.82, 2.24) is 5.32 Å². The van der Waals surface area contributed by atoms with Gasteiger partial charge in [0.1, 0.15) is 6.10 Å². The third-order valence-corrected chi connectivity index (χ3v) is 5.55. The average molecular weight is 404 g/mol. The first-order chi connectivity index (χ1) is 14.2. The van der Waals surface area contributed by atoms with Gasteiger partial charge in [-0.05, 0) is 25.3 Å². The highest BCUT2D eigenvalue weighted by Crippen LogP contribution is 2.14. The minimum atomic E-state index is -0.313. The van der Waals surface area contributed by atoms with E-state index in [9.17, 15) is 4.79 Å². The first-order valence-electron chi connectivity index (χ1n) is 12.2. The summed E-state index contributed by atoms with van der Waals surface area (Å²) in [5, 5.41) is 2.82. The van der Waals surface area contributed by atoms with Gasteiger partial charge in [-0.2, -0.15) is 0 Å². The number of ether oxygens (including phenoxy) is 1. The maximum atomic E-state index is 11.8. The Bertz CT molecular complexity index is 489. The molecule has 0 fully saturated rings. The molecule has 0 radical (unpaired) electrons. The van der Waals surface area contributed by atoms with Gasteiger partial charge in [0, 0.05) is 6.54 Å². The second-order valence-corrected chi connectivity index (χ2v) is 8.44. The first-order valence-corrected chi connectivity index (χ1v) is 12.2. The molecule has 3 heteroatoms. The minimum Gasteiger partial charge on any atom is -0.447 e. The van der Waals surface area contributed by atoms with Crippen molar-refractivity contribution in [2.24, 2.45) is 0 Å².